The Balaban J connectivity index is 1.43. The van der Waals surface area contributed by atoms with Crippen molar-refractivity contribution in [2.24, 2.45) is 23.7 Å². The first-order chi connectivity index (χ1) is 10.1. The monoisotopic (exact) mass is 294 g/mol. The molecule has 0 spiro atoms. The molecule has 0 aromatic heterocycles. The Kier molecular flexibility index (Phi) is 4.36. The van der Waals surface area contributed by atoms with Crippen molar-refractivity contribution in [1.82, 2.24) is 10.6 Å². The highest BCUT2D eigenvalue weighted by Gasteiger charge is 2.40. The second-order valence-electron chi connectivity index (χ2n) is 7.12. The first-order valence-electron chi connectivity index (χ1n) is 8.40. The number of rotatable bonds is 4. The van der Waals surface area contributed by atoms with Crippen LogP contribution in [0.5, 0.6) is 0 Å². The van der Waals surface area contributed by atoms with Crippen molar-refractivity contribution in [2.45, 2.75) is 57.4 Å². The maximum absolute atomic E-state index is 12.0. The topological polar surface area (TPSA) is 78.4 Å². The van der Waals surface area contributed by atoms with Crippen LogP contribution in [0.3, 0.4) is 0 Å². The van der Waals surface area contributed by atoms with E-state index >= 15 is 0 Å². The Morgan fingerprint density at radius 2 is 1.86 bits per heavy atom. The lowest BCUT2D eigenvalue weighted by atomic mass is 9.79. The molecule has 2 bridgehead atoms. The molecule has 5 unspecified atom stereocenters. The van der Waals surface area contributed by atoms with Gasteiger partial charge >= 0.3 is 12.0 Å². The molecule has 5 nitrogen and oxygen atoms in total. The van der Waals surface area contributed by atoms with Crippen LogP contribution >= 0.6 is 0 Å². The van der Waals surface area contributed by atoms with E-state index in [4.69, 9.17) is 0 Å². The Bertz CT molecular complexity index is 412. The Hall–Kier alpha value is -1.26. The van der Waals surface area contributed by atoms with Crippen LogP contribution in [-0.2, 0) is 4.79 Å². The van der Waals surface area contributed by atoms with E-state index in [9.17, 15) is 14.7 Å². The predicted molar refractivity (Wildman–Crippen MR) is 78.9 cm³/mol. The highest BCUT2D eigenvalue weighted by Crippen LogP contribution is 2.44. The molecule has 2 amide bonds. The molecule has 3 aliphatic carbocycles. The first kappa shape index (κ1) is 14.7. The Morgan fingerprint density at radius 1 is 1.05 bits per heavy atom. The van der Waals surface area contributed by atoms with Gasteiger partial charge in [0.1, 0.15) is 0 Å². The summed E-state index contributed by atoms with van der Waals surface area (Å²) in [6.45, 7) is 0.490. The fourth-order valence-corrected chi connectivity index (χ4v) is 4.64. The Labute approximate surface area is 125 Å². The van der Waals surface area contributed by atoms with E-state index < -0.39 is 5.97 Å². The number of urea groups is 1. The molecule has 0 radical (unpaired) electrons. The fourth-order valence-electron chi connectivity index (χ4n) is 4.64. The van der Waals surface area contributed by atoms with Crippen LogP contribution in [0.2, 0.25) is 0 Å². The van der Waals surface area contributed by atoms with E-state index in [-0.39, 0.29) is 17.9 Å². The minimum atomic E-state index is -0.713. The van der Waals surface area contributed by atoms with Gasteiger partial charge in [-0.05, 0) is 49.9 Å². The third-order valence-corrected chi connectivity index (χ3v) is 5.81. The maximum atomic E-state index is 12.0. The number of nitrogens with one attached hydrogen (secondary N) is 2. The standard InChI is InChI=1S/C16H26N2O3/c19-15(20)13-4-2-1-3-12(13)9-17-16(21)18-14-8-10-5-6-11(14)7-10/h10-14H,1-9H2,(H,19,20)(H2,17,18,21). The molecule has 3 fully saturated rings. The zero-order valence-corrected chi connectivity index (χ0v) is 12.5. The molecule has 0 heterocycles. The summed E-state index contributed by atoms with van der Waals surface area (Å²) in [5.74, 6) is 0.566. The molecule has 5 atom stereocenters. The summed E-state index contributed by atoms with van der Waals surface area (Å²) in [6, 6.07) is 0.229. The van der Waals surface area contributed by atoms with Gasteiger partial charge in [0.15, 0.2) is 0 Å². The smallest absolute Gasteiger partial charge is 0.315 e. The lowest BCUT2D eigenvalue weighted by Gasteiger charge is -2.29. The second-order valence-corrected chi connectivity index (χ2v) is 7.12. The third-order valence-electron chi connectivity index (χ3n) is 5.81. The number of carboxylic acids is 1. The van der Waals surface area contributed by atoms with E-state index in [1.165, 1.54) is 19.3 Å². The van der Waals surface area contributed by atoms with Crippen LogP contribution in [0, 0.1) is 23.7 Å². The molecule has 3 rings (SSSR count). The molecule has 0 aromatic carbocycles. The summed E-state index contributed by atoms with van der Waals surface area (Å²) in [5.41, 5.74) is 0. The minimum absolute atomic E-state index is 0.0852. The number of aliphatic carboxylic acids is 1. The van der Waals surface area contributed by atoms with E-state index in [0.717, 1.165) is 38.0 Å². The summed E-state index contributed by atoms with van der Waals surface area (Å²) in [6.07, 6.45) is 8.69. The molecule has 0 saturated heterocycles. The van der Waals surface area contributed by atoms with Crippen LogP contribution < -0.4 is 10.6 Å². The normalized spacial score (nSPS) is 38.2. The van der Waals surface area contributed by atoms with Gasteiger partial charge in [-0.3, -0.25) is 4.79 Å². The number of hydrogen-bond acceptors (Lipinski definition) is 2. The number of hydrogen-bond donors (Lipinski definition) is 3. The molecule has 118 valence electrons. The molecular formula is C16H26N2O3. The van der Waals surface area contributed by atoms with Crippen molar-refractivity contribution < 1.29 is 14.7 Å². The van der Waals surface area contributed by atoms with Crippen molar-refractivity contribution in [3.63, 3.8) is 0 Å². The largest absolute Gasteiger partial charge is 0.481 e. The molecular weight excluding hydrogens is 268 g/mol. The molecule has 3 saturated carbocycles. The lowest BCUT2D eigenvalue weighted by molar-refractivity contribution is -0.144. The van der Waals surface area contributed by atoms with Gasteiger partial charge < -0.3 is 15.7 Å². The van der Waals surface area contributed by atoms with Crippen molar-refractivity contribution in [3.05, 3.63) is 0 Å². The van der Waals surface area contributed by atoms with Crippen molar-refractivity contribution in [3.8, 4) is 0 Å². The highest BCUT2D eigenvalue weighted by molar-refractivity contribution is 5.74. The molecule has 3 N–H and O–H groups in total. The van der Waals surface area contributed by atoms with E-state index in [1.54, 1.807) is 0 Å². The average molecular weight is 294 g/mol. The number of carbonyl (C=O) groups excluding carboxylic acids is 1. The van der Waals surface area contributed by atoms with E-state index in [1.807, 2.05) is 0 Å². The minimum Gasteiger partial charge on any atom is -0.481 e. The molecule has 0 aliphatic heterocycles. The summed E-state index contributed by atoms with van der Waals surface area (Å²) in [5, 5.41) is 15.3. The SMILES string of the molecule is O=C(NCC1CCCCC1C(=O)O)NC1CC2CCC1C2. The molecule has 3 aliphatic rings. The Morgan fingerprint density at radius 3 is 2.52 bits per heavy atom. The third kappa shape index (κ3) is 3.33. The second kappa shape index (κ2) is 6.24. The number of fused-ring (bicyclic) bond motifs is 2. The summed E-state index contributed by atoms with van der Waals surface area (Å²) < 4.78 is 0. The predicted octanol–water partition coefficient (Wildman–Crippen LogP) is 2.37. The zero-order valence-electron chi connectivity index (χ0n) is 12.5. The highest BCUT2D eigenvalue weighted by atomic mass is 16.4. The molecule has 5 heteroatoms. The molecule has 21 heavy (non-hydrogen) atoms. The van der Waals surface area contributed by atoms with Gasteiger partial charge in [-0.2, -0.15) is 0 Å². The fraction of sp³-hybridized carbons (Fsp3) is 0.875. The van der Waals surface area contributed by atoms with Gasteiger partial charge in [0.2, 0.25) is 0 Å². The summed E-state index contributed by atoms with van der Waals surface area (Å²) in [4.78, 5) is 23.3. The summed E-state index contributed by atoms with van der Waals surface area (Å²) in [7, 11) is 0. The van der Waals surface area contributed by atoms with E-state index in [0.29, 0.717) is 18.5 Å². The molecule has 0 aromatic rings. The lowest BCUT2D eigenvalue weighted by Crippen LogP contribution is -2.47. The summed E-state index contributed by atoms with van der Waals surface area (Å²) >= 11 is 0. The van der Waals surface area contributed by atoms with Crippen molar-refractivity contribution in [2.75, 3.05) is 6.54 Å². The average Bonchev–Trinajstić information content (AvgIpc) is 3.08. The zero-order chi connectivity index (χ0) is 14.8. The van der Waals surface area contributed by atoms with Gasteiger partial charge in [-0.1, -0.05) is 19.3 Å². The van der Waals surface area contributed by atoms with Crippen molar-refractivity contribution >= 4 is 12.0 Å². The maximum Gasteiger partial charge on any atom is 0.315 e. The van der Waals surface area contributed by atoms with Crippen LogP contribution in [0.15, 0.2) is 0 Å². The van der Waals surface area contributed by atoms with Gasteiger partial charge in [0.05, 0.1) is 5.92 Å². The number of amides is 2. The van der Waals surface area contributed by atoms with Crippen LogP contribution in [0.1, 0.15) is 51.4 Å². The first-order valence-corrected chi connectivity index (χ1v) is 8.40. The van der Waals surface area contributed by atoms with Crippen molar-refractivity contribution in [1.29, 1.82) is 0 Å². The van der Waals surface area contributed by atoms with Crippen LogP contribution in [0.25, 0.3) is 0 Å². The van der Waals surface area contributed by atoms with Crippen LogP contribution in [0.4, 0.5) is 4.79 Å². The number of carbonyl (C=O) groups is 2. The number of carboxylic acid groups (broad SMARTS) is 1. The van der Waals surface area contributed by atoms with Crippen LogP contribution in [-0.4, -0.2) is 29.7 Å². The van der Waals surface area contributed by atoms with Gasteiger partial charge in [0, 0.05) is 12.6 Å². The van der Waals surface area contributed by atoms with E-state index in [2.05, 4.69) is 10.6 Å². The van der Waals surface area contributed by atoms with Gasteiger partial charge in [-0.15, -0.1) is 0 Å². The van der Waals surface area contributed by atoms with Gasteiger partial charge in [-0.25, -0.2) is 4.79 Å². The van der Waals surface area contributed by atoms with Gasteiger partial charge in [0.25, 0.3) is 0 Å². The quantitative estimate of drug-likeness (QED) is 0.745.